The molecule has 1 atom stereocenters. The van der Waals surface area contributed by atoms with E-state index in [1.54, 1.807) is 24.3 Å². The second kappa shape index (κ2) is 10.5. The Hall–Kier alpha value is -1.84. The summed E-state index contributed by atoms with van der Waals surface area (Å²) in [5, 5.41) is 15.3. The molecule has 0 radical (unpaired) electrons. The van der Waals surface area contributed by atoms with Gasteiger partial charge in [-0.25, -0.2) is 0 Å². The van der Waals surface area contributed by atoms with Crippen molar-refractivity contribution >= 4 is 57.7 Å². The highest BCUT2D eigenvalue weighted by Crippen LogP contribution is 2.29. The lowest BCUT2D eigenvalue weighted by Gasteiger charge is -2.24. The number of rotatable bonds is 6. The molecule has 3 N–H and O–H groups in total. The molecule has 2 heterocycles. The van der Waals surface area contributed by atoms with E-state index in [-0.39, 0.29) is 0 Å². The quantitative estimate of drug-likeness (QED) is 0.604. The van der Waals surface area contributed by atoms with Crippen LogP contribution in [0.1, 0.15) is 16.1 Å². The first-order valence-corrected chi connectivity index (χ1v) is 11.2. The third-order valence-corrected chi connectivity index (χ3v) is 6.41. The van der Waals surface area contributed by atoms with E-state index >= 15 is 0 Å². The van der Waals surface area contributed by atoms with E-state index in [0.717, 1.165) is 49.6 Å². The van der Waals surface area contributed by atoms with Crippen LogP contribution in [0.2, 0.25) is 9.36 Å². The minimum atomic E-state index is -1.10. The molecule has 1 fully saturated rings. The summed E-state index contributed by atoms with van der Waals surface area (Å²) >= 11 is 13.4. The minimum absolute atomic E-state index is 0.363. The average molecular weight is 471 g/mol. The number of halogens is 2. The van der Waals surface area contributed by atoms with Gasteiger partial charge in [0.15, 0.2) is 0 Å². The number of hydrogen-bond acceptors (Lipinski definition) is 6. The summed E-state index contributed by atoms with van der Waals surface area (Å²) in [4.78, 5) is 29.6. The number of anilines is 2. The number of carbonyl (C=O) groups is 2. The fourth-order valence-electron chi connectivity index (χ4n) is 3.22. The van der Waals surface area contributed by atoms with Crippen LogP contribution in [0.15, 0.2) is 30.3 Å². The summed E-state index contributed by atoms with van der Waals surface area (Å²) in [6, 6.07) is 7.39. The molecule has 10 heteroatoms. The molecule has 1 aromatic heterocycles. The fourth-order valence-corrected chi connectivity index (χ4v) is 4.46. The van der Waals surface area contributed by atoms with Crippen LogP contribution >= 0.6 is 34.5 Å². The summed E-state index contributed by atoms with van der Waals surface area (Å²) in [6.45, 7) is 3.27. The number of nitrogens with zero attached hydrogens (tertiary/aromatic N) is 2. The summed E-state index contributed by atoms with van der Waals surface area (Å²) < 4.78 is 0.468. The Kier molecular flexibility index (Phi) is 7.96. The topological polar surface area (TPSA) is 84.9 Å². The molecular formula is C20H24Cl2N4O3S. The van der Waals surface area contributed by atoms with E-state index in [0.29, 0.717) is 19.9 Å². The number of benzene rings is 1. The van der Waals surface area contributed by atoms with Crippen molar-refractivity contribution in [3.05, 3.63) is 44.6 Å². The monoisotopic (exact) mass is 470 g/mol. The van der Waals surface area contributed by atoms with Crippen LogP contribution in [0, 0.1) is 0 Å². The highest BCUT2D eigenvalue weighted by molar-refractivity contribution is 7.18. The molecule has 0 unspecified atom stereocenters. The van der Waals surface area contributed by atoms with Gasteiger partial charge >= 0.3 is 0 Å². The SMILES string of the molecule is CN1CCCN(c2ccc(NC(=O)[C@@H](CO)NC(=O)c3ccc(Cl)s3)cc2Cl)CC1. The van der Waals surface area contributed by atoms with Crippen LogP contribution in [0.4, 0.5) is 11.4 Å². The molecule has 1 aromatic carbocycles. The van der Waals surface area contributed by atoms with Gasteiger partial charge in [0.25, 0.3) is 5.91 Å². The normalized spacial score (nSPS) is 16.1. The summed E-state index contributed by atoms with van der Waals surface area (Å²) in [5.74, 6) is -1.01. The van der Waals surface area contributed by atoms with Gasteiger partial charge in [-0.05, 0) is 50.3 Å². The summed E-state index contributed by atoms with van der Waals surface area (Å²) in [7, 11) is 2.10. The number of thiophene rings is 1. The maximum Gasteiger partial charge on any atom is 0.262 e. The smallest absolute Gasteiger partial charge is 0.262 e. The van der Waals surface area contributed by atoms with Crippen molar-refractivity contribution in [2.24, 2.45) is 0 Å². The van der Waals surface area contributed by atoms with E-state index in [2.05, 4.69) is 27.5 Å². The molecule has 1 aliphatic heterocycles. The lowest BCUT2D eigenvalue weighted by molar-refractivity contribution is -0.118. The Morgan fingerprint density at radius 3 is 2.63 bits per heavy atom. The van der Waals surface area contributed by atoms with Crippen molar-refractivity contribution in [3.63, 3.8) is 0 Å². The number of amides is 2. The molecular weight excluding hydrogens is 447 g/mol. The van der Waals surface area contributed by atoms with Gasteiger partial charge in [-0.15, -0.1) is 11.3 Å². The highest BCUT2D eigenvalue weighted by Gasteiger charge is 2.22. The maximum absolute atomic E-state index is 12.5. The van der Waals surface area contributed by atoms with Gasteiger partial charge in [0.05, 0.1) is 26.5 Å². The predicted octanol–water partition coefficient (Wildman–Crippen LogP) is 2.93. The van der Waals surface area contributed by atoms with E-state index in [9.17, 15) is 14.7 Å². The van der Waals surface area contributed by atoms with Crippen molar-refractivity contribution in [2.45, 2.75) is 12.5 Å². The zero-order valence-electron chi connectivity index (χ0n) is 16.5. The van der Waals surface area contributed by atoms with Crippen LogP contribution < -0.4 is 15.5 Å². The standard InChI is InChI=1S/C20H24Cl2N4O3S/c1-25-7-2-8-26(10-9-25)16-4-3-13(11-14(16)21)23-19(28)15(12-27)24-20(29)17-5-6-18(22)30-17/h3-6,11,15,27H,2,7-10,12H2,1H3,(H,23,28)(H,24,29)/t15-/m1/s1. The van der Waals surface area contributed by atoms with Crippen LogP contribution in [0.3, 0.4) is 0 Å². The average Bonchev–Trinajstić information content (AvgIpc) is 3.04. The van der Waals surface area contributed by atoms with Gasteiger partial charge in [0, 0.05) is 25.3 Å². The number of aliphatic hydroxyl groups is 1. The Balaban J connectivity index is 1.63. The van der Waals surface area contributed by atoms with E-state index in [1.807, 2.05) is 6.07 Å². The second-order valence-electron chi connectivity index (χ2n) is 7.11. The number of aliphatic hydroxyl groups excluding tert-OH is 1. The van der Waals surface area contributed by atoms with Crippen LogP contribution in [-0.2, 0) is 4.79 Å². The van der Waals surface area contributed by atoms with Crippen molar-refractivity contribution in [1.29, 1.82) is 0 Å². The van der Waals surface area contributed by atoms with Crippen molar-refractivity contribution in [1.82, 2.24) is 10.2 Å². The third kappa shape index (κ3) is 5.86. The number of nitrogens with one attached hydrogen (secondary N) is 2. The van der Waals surface area contributed by atoms with Gasteiger partial charge in [0.1, 0.15) is 6.04 Å². The summed E-state index contributed by atoms with van der Waals surface area (Å²) in [5.41, 5.74) is 1.42. The molecule has 7 nitrogen and oxygen atoms in total. The Morgan fingerprint density at radius 2 is 1.97 bits per heavy atom. The molecule has 0 spiro atoms. The minimum Gasteiger partial charge on any atom is -0.394 e. The molecule has 0 aliphatic carbocycles. The molecule has 30 heavy (non-hydrogen) atoms. The first-order valence-electron chi connectivity index (χ1n) is 9.58. The van der Waals surface area contributed by atoms with E-state index in [1.165, 1.54) is 0 Å². The highest BCUT2D eigenvalue weighted by atomic mass is 35.5. The van der Waals surface area contributed by atoms with Gasteiger partial charge in [-0.3, -0.25) is 9.59 Å². The predicted molar refractivity (Wildman–Crippen MR) is 122 cm³/mol. The first kappa shape index (κ1) is 22.8. The number of likely N-dealkylation sites (N-methyl/N-ethyl adjacent to an activating group) is 1. The Morgan fingerprint density at radius 1 is 1.17 bits per heavy atom. The summed E-state index contributed by atoms with van der Waals surface area (Å²) in [6.07, 6.45) is 1.05. The molecule has 2 aromatic rings. The van der Waals surface area contributed by atoms with Crippen LogP contribution in [0.25, 0.3) is 0 Å². The molecule has 3 rings (SSSR count). The van der Waals surface area contributed by atoms with E-state index in [4.69, 9.17) is 23.2 Å². The van der Waals surface area contributed by atoms with Crippen LogP contribution in [0.5, 0.6) is 0 Å². The Bertz CT molecular complexity index is 908. The van der Waals surface area contributed by atoms with Gasteiger partial charge in [-0.1, -0.05) is 23.2 Å². The van der Waals surface area contributed by atoms with Gasteiger partial charge in [0.2, 0.25) is 5.91 Å². The molecule has 162 valence electrons. The fraction of sp³-hybridized carbons (Fsp3) is 0.400. The lowest BCUT2D eigenvalue weighted by Crippen LogP contribution is -2.46. The lowest BCUT2D eigenvalue weighted by atomic mass is 10.2. The van der Waals surface area contributed by atoms with Crippen LogP contribution in [-0.4, -0.2) is 67.7 Å². The molecule has 0 bridgehead atoms. The molecule has 1 saturated heterocycles. The zero-order valence-corrected chi connectivity index (χ0v) is 18.9. The van der Waals surface area contributed by atoms with Gasteiger partial charge < -0.3 is 25.5 Å². The molecule has 0 saturated carbocycles. The van der Waals surface area contributed by atoms with Crippen molar-refractivity contribution in [3.8, 4) is 0 Å². The van der Waals surface area contributed by atoms with Crippen molar-refractivity contribution in [2.75, 3.05) is 50.1 Å². The number of hydrogen-bond donors (Lipinski definition) is 3. The first-order chi connectivity index (χ1) is 14.4. The van der Waals surface area contributed by atoms with Crippen molar-refractivity contribution < 1.29 is 14.7 Å². The largest absolute Gasteiger partial charge is 0.394 e. The molecule has 1 aliphatic rings. The number of carbonyl (C=O) groups excluding carboxylic acids is 2. The van der Waals surface area contributed by atoms with Gasteiger partial charge in [-0.2, -0.15) is 0 Å². The maximum atomic E-state index is 12.5. The van der Waals surface area contributed by atoms with E-state index < -0.39 is 24.5 Å². The third-order valence-electron chi connectivity index (χ3n) is 4.88. The zero-order chi connectivity index (χ0) is 21.7. The Labute approximate surface area is 189 Å². The second-order valence-corrected chi connectivity index (χ2v) is 9.23. The molecule has 2 amide bonds.